The zero-order valence-electron chi connectivity index (χ0n) is 14.8. The fraction of sp³-hybridized carbons (Fsp3) is 0.200. The summed E-state index contributed by atoms with van der Waals surface area (Å²) in [7, 11) is 0. The van der Waals surface area contributed by atoms with Crippen molar-refractivity contribution in [1.82, 2.24) is 4.98 Å². The summed E-state index contributed by atoms with van der Waals surface area (Å²) in [4.78, 5) is 19.3. The Morgan fingerprint density at radius 3 is 2.54 bits per heavy atom. The van der Waals surface area contributed by atoms with E-state index in [0.29, 0.717) is 15.9 Å². The molecule has 1 amide bonds. The Kier molecular flexibility index (Phi) is 5.59. The molecule has 134 valence electrons. The van der Waals surface area contributed by atoms with Gasteiger partial charge in [-0.15, -0.1) is 11.3 Å². The van der Waals surface area contributed by atoms with Crippen molar-refractivity contribution in [2.24, 2.45) is 0 Å². The van der Waals surface area contributed by atoms with Crippen LogP contribution in [0.15, 0.2) is 53.9 Å². The van der Waals surface area contributed by atoms with Crippen LogP contribution in [0, 0.1) is 13.8 Å². The van der Waals surface area contributed by atoms with Crippen LogP contribution in [0.5, 0.6) is 5.75 Å². The first-order valence-corrected chi connectivity index (χ1v) is 9.45. The average Bonchev–Trinajstić information content (AvgIpc) is 3.04. The molecule has 1 heterocycles. The molecule has 0 fully saturated rings. The minimum Gasteiger partial charge on any atom is -0.481 e. The molecule has 3 rings (SSSR count). The number of nitrogens with zero attached hydrogens (tertiary/aromatic N) is 2. The highest BCUT2D eigenvalue weighted by Crippen LogP contribution is 2.30. The van der Waals surface area contributed by atoms with Gasteiger partial charge in [0.15, 0.2) is 11.2 Å². The molecule has 0 spiro atoms. The third-order valence-corrected chi connectivity index (χ3v) is 5.00. The summed E-state index contributed by atoms with van der Waals surface area (Å²) >= 11 is 7.42. The van der Waals surface area contributed by atoms with Crippen LogP contribution in [0.2, 0.25) is 5.02 Å². The molecule has 0 N–H and O–H groups in total. The van der Waals surface area contributed by atoms with Gasteiger partial charge in [0.25, 0.3) is 5.91 Å². The van der Waals surface area contributed by atoms with E-state index in [0.717, 1.165) is 16.9 Å². The van der Waals surface area contributed by atoms with Gasteiger partial charge in [-0.25, -0.2) is 4.98 Å². The molecule has 0 aliphatic carbocycles. The second-order valence-corrected chi connectivity index (χ2v) is 7.22. The molecule has 26 heavy (non-hydrogen) atoms. The third kappa shape index (κ3) is 4.06. The highest BCUT2D eigenvalue weighted by atomic mass is 35.5. The number of amides is 1. The standard InChI is InChI=1S/C20H19ClN2O2S/c1-13-11-16(21)9-10-18(13)25-15(3)19(24)23(17-7-5-4-6-8-17)20-22-14(2)12-26-20/h4-12,15H,1-3H3. The first-order valence-electron chi connectivity index (χ1n) is 8.19. The molecular weight excluding hydrogens is 368 g/mol. The Morgan fingerprint density at radius 1 is 1.19 bits per heavy atom. The van der Waals surface area contributed by atoms with Gasteiger partial charge >= 0.3 is 0 Å². The molecule has 0 radical (unpaired) electrons. The zero-order valence-corrected chi connectivity index (χ0v) is 16.3. The summed E-state index contributed by atoms with van der Waals surface area (Å²) in [6, 6.07) is 14.8. The van der Waals surface area contributed by atoms with Gasteiger partial charge in [0.1, 0.15) is 5.75 Å². The van der Waals surface area contributed by atoms with Crippen LogP contribution in [0.25, 0.3) is 0 Å². The van der Waals surface area contributed by atoms with E-state index in [1.54, 1.807) is 24.0 Å². The number of carbonyl (C=O) groups excluding carboxylic acids is 1. The maximum Gasteiger partial charge on any atom is 0.274 e. The smallest absolute Gasteiger partial charge is 0.274 e. The Morgan fingerprint density at radius 2 is 1.92 bits per heavy atom. The molecule has 0 aliphatic heterocycles. The molecule has 0 saturated carbocycles. The van der Waals surface area contributed by atoms with Gasteiger partial charge in [-0.3, -0.25) is 9.69 Å². The molecule has 1 aromatic heterocycles. The van der Waals surface area contributed by atoms with Crippen molar-refractivity contribution in [2.45, 2.75) is 26.9 Å². The van der Waals surface area contributed by atoms with E-state index in [2.05, 4.69) is 4.98 Å². The number of carbonyl (C=O) groups is 1. The Hall–Kier alpha value is -2.37. The highest BCUT2D eigenvalue weighted by molar-refractivity contribution is 7.14. The lowest BCUT2D eigenvalue weighted by Gasteiger charge is -2.24. The number of rotatable bonds is 5. The van der Waals surface area contributed by atoms with E-state index in [1.807, 2.05) is 55.6 Å². The van der Waals surface area contributed by atoms with Gasteiger partial charge in [-0.05, 0) is 56.7 Å². The number of anilines is 2. The number of benzene rings is 2. The van der Waals surface area contributed by atoms with Crippen LogP contribution in [-0.2, 0) is 4.79 Å². The number of thiazole rings is 1. The summed E-state index contributed by atoms with van der Waals surface area (Å²) < 4.78 is 5.92. The van der Waals surface area contributed by atoms with Crippen LogP contribution >= 0.6 is 22.9 Å². The molecular formula is C20H19ClN2O2S. The minimum absolute atomic E-state index is 0.181. The number of hydrogen-bond donors (Lipinski definition) is 0. The third-order valence-electron chi connectivity index (χ3n) is 3.82. The normalized spacial score (nSPS) is 11.8. The second-order valence-electron chi connectivity index (χ2n) is 5.95. The van der Waals surface area contributed by atoms with E-state index in [9.17, 15) is 4.79 Å². The van der Waals surface area contributed by atoms with Gasteiger partial charge < -0.3 is 4.74 Å². The lowest BCUT2D eigenvalue weighted by molar-refractivity contribution is -0.123. The quantitative estimate of drug-likeness (QED) is 0.577. The van der Waals surface area contributed by atoms with Crippen LogP contribution in [-0.4, -0.2) is 17.0 Å². The van der Waals surface area contributed by atoms with Crippen LogP contribution < -0.4 is 9.64 Å². The average molecular weight is 387 g/mol. The second kappa shape index (κ2) is 7.89. The molecule has 2 aromatic carbocycles. The van der Waals surface area contributed by atoms with Crippen LogP contribution in [0.1, 0.15) is 18.2 Å². The molecule has 1 unspecified atom stereocenters. The highest BCUT2D eigenvalue weighted by Gasteiger charge is 2.27. The van der Waals surface area contributed by atoms with E-state index in [4.69, 9.17) is 16.3 Å². The molecule has 0 aliphatic rings. The van der Waals surface area contributed by atoms with Gasteiger partial charge in [0.05, 0.1) is 11.4 Å². The van der Waals surface area contributed by atoms with Gasteiger partial charge in [0, 0.05) is 10.4 Å². The first-order chi connectivity index (χ1) is 12.5. The number of hydrogen-bond acceptors (Lipinski definition) is 4. The van der Waals surface area contributed by atoms with Crippen molar-refractivity contribution < 1.29 is 9.53 Å². The van der Waals surface area contributed by atoms with E-state index >= 15 is 0 Å². The van der Waals surface area contributed by atoms with Crippen molar-refractivity contribution in [3.63, 3.8) is 0 Å². The fourth-order valence-electron chi connectivity index (χ4n) is 2.52. The molecule has 1 atom stereocenters. The largest absolute Gasteiger partial charge is 0.481 e. The lowest BCUT2D eigenvalue weighted by Crippen LogP contribution is -2.37. The van der Waals surface area contributed by atoms with Gasteiger partial charge in [-0.1, -0.05) is 29.8 Å². The molecule has 0 bridgehead atoms. The maximum atomic E-state index is 13.2. The maximum absolute atomic E-state index is 13.2. The number of ether oxygens (including phenoxy) is 1. The first kappa shape index (κ1) is 18.4. The Labute approximate surface area is 162 Å². The van der Waals surface area contributed by atoms with Crippen LogP contribution in [0.4, 0.5) is 10.8 Å². The number of aryl methyl sites for hydroxylation is 2. The van der Waals surface area contributed by atoms with Crippen molar-refractivity contribution in [3.05, 3.63) is 70.2 Å². The van der Waals surface area contributed by atoms with Gasteiger partial charge in [-0.2, -0.15) is 0 Å². The Balaban J connectivity index is 1.89. The molecule has 0 saturated heterocycles. The van der Waals surface area contributed by atoms with Crippen molar-refractivity contribution in [3.8, 4) is 5.75 Å². The van der Waals surface area contributed by atoms with E-state index in [1.165, 1.54) is 11.3 Å². The fourth-order valence-corrected chi connectivity index (χ4v) is 3.57. The molecule has 4 nitrogen and oxygen atoms in total. The van der Waals surface area contributed by atoms with Gasteiger partial charge in [0.2, 0.25) is 0 Å². The Bertz CT molecular complexity index is 911. The molecule has 3 aromatic rings. The number of aromatic nitrogens is 1. The van der Waals surface area contributed by atoms with Crippen molar-refractivity contribution in [1.29, 1.82) is 0 Å². The van der Waals surface area contributed by atoms with Crippen molar-refractivity contribution in [2.75, 3.05) is 4.90 Å². The summed E-state index contributed by atoms with van der Waals surface area (Å²) in [5, 5.41) is 3.19. The number of para-hydroxylation sites is 1. The predicted octanol–water partition coefficient (Wildman–Crippen LogP) is 5.55. The van der Waals surface area contributed by atoms with E-state index < -0.39 is 6.10 Å². The summed E-state index contributed by atoms with van der Waals surface area (Å²) in [6.07, 6.45) is -0.681. The predicted molar refractivity (Wildman–Crippen MR) is 107 cm³/mol. The SMILES string of the molecule is Cc1csc(N(C(=O)C(C)Oc2ccc(Cl)cc2C)c2ccccc2)n1. The zero-order chi connectivity index (χ0) is 18.7. The summed E-state index contributed by atoms with van der Waals surface area (Å²) in [6.45, 7) is 5.55. The van der Waals surface area contributed by atoms with Crippen molar-refractivity contribution >= 4 is 39.7 Å². The number of halogens is 1. The monoisotopic (exact) mass is 386 g/mol. The molecule has 6 heteroatoms. The summed E-state index contributed by atoms with van der Waals surface area (Å²) in [5.74, 6) is 0.457. The topological polar surface area (TPSA) is 42.4 Å². The van der Waals surface area contributed by atoms with Crippen LogP contribution in [0.3, 0.4) is 0 Å². The minimum atomic E-state index is -0.681. The lowest BCUT2D eigenvalue weighted by atomic mass is 10.2. The summed E-state index contributed by atoms with van der Waals surface area (Å²) in [5.41, 5.74) is 2.52. The van der Waals surface area contributed by atoms with E-state index in [-0.39, 0.29) is 5.91 Å².